The minimum atomic E-state index is -4.16. The summed E-state index contributed by atoms with van der Waals surface area (Å²) in [5, 5.41) is 3.22. The Kier molecular flexibility index (Phi) is 11.2. The van der Waals surface area contributed by atoms with Crippen molar-refractivity contribution in [1.82, 2.24) is 10.2 Å². The lowest BCUT2D eigenvalue weighted by molar-refractivity contribution is -0.140. The van der Waals surface area contributed by atoms with E-state index in [1.807, 2.05) is 81.4 Å². The second-order valence-electron chi connectivity index (χ2n) is 12.5. The number of rotatable bonds is 12. The van der Waals surface area contributed by atoms with Crippen molar-refractivity contribution in [1.29, 1.82) is 0 Å². The van der Waals surface area contributed by atoms with Crippen LogP contribution in [0.5, 0.6) is 0 Å². The second kappa shape index (κ2) is 15.3. The fourth-order valence-electron chi connectivity index (χ4n) is 6.21. The van der Waals surface area contributed by atoms with Crippen molar-refractivity contribution in [2.45, 2.75) is 76.4 Å². The van der Waals surface area contributed by atoms with Gasteiger partial charge in [0.05, 0.1) is 10.6 Å². The number of nitrogens with zero attached hydrogens (tertiary/aromatic N) is 2. The Labute approximate surface area is 287 Å². The largest absolute Gasteiger partial charge is 0.352 e. The number of carbonyl (C=O) groups is 2. The van der Waals surface area contributed by atoms with Gasteiger partial charge in [0.25, 0.3) is 10.0 Å². The number of aryl methyl sites for hydroxylation is 3. The molecular weight excluding hydrogens is 674 g/mol. The molecule has 1 unspecified atom stereocenters. The van der Waals surface area contributed by atoms with Gasteiger partial charge < -0.3 is 10.2 Å². The van der Waals surface area contributed by atoms with Crippen molar-refractivity contribution in [3.63, 3.8) is 0 Å². The molecule has 1 N–H and O–H groups in total. The monoisotopic (exact) mass is 715 g/mol. The van der Waals surface area contributed by atoms with Crippen LogP contribution in [0, 0.1) is 20.8 Å². The maximum Gasteiger partial charge on any atom is 0.264 e. The van der Waals surface area contributed by atoms with E-state index in [-0.39, 0.29) is 29.8 Å². The zero-order valence-electron chi connectivity index (χ0n) is 27.2. The van der Waals surface area contributed by atoms with Crippen LogP contribution in [0.2, 0.25) is 0 Å². The fraction of sp³-hybridized carbons (Fsp3) is 0.316. The highest BCUT2D eigenvalue weighted by atomic mass is 79.9. The molecule has 1 fully saturated rings. The predicted molar refractivity (Wildman–Crippen MR) is 191 cm³/mol. The molecule has 4 aromatic carbocycles. The van der Waals surface area contributed by atoms with Crippen LogP contribution in [-0.2, 0) is 32.6 Å². The van der Waals surface area contributed by atoms with Crippen LogP contribution < -0.4 is 9.62 Å². The average molecular weight is 717 g/mol. The van der Waals surface area contributed by atoms with Gasteiger partial charge in [0.15, 0.2) is 0 Å². The summed E-state index contributed by atoms with van der Waals surface area (Å²) in [5.41, 5.74) is 4.80. The topological polar surface area (TPSA) is 86.8 Å². The van der Waals surface area contributed by atoms with Gasteiger partial charge >= 0.3 is 0 Å². The minimum Gasteiger partial charge on any atom is -0.352 e. The van der Waals surface area contributed by atoms with Crippen LogP contribution >= 0.6 is 15.9 Å². The molecular formula is C38H42BrN3O4S. The van der Waals surface area contributed by atoms with E-state index in [0.29, 0.717) is 5.69 Å². The van der Waals surface area contributed by atoms with Gasteiger partial charge in [-0.1, -0.05) is 95.0 Å². The van der Waals surface area contributed by atoms with Crippen LogP contribution in [0.3, 0.4) is 0 Å². The SMILES string of the molecule is Cc1ccc(S(=O)(=O)N(CC(=O)N(Cc2cccc(Br)c2)C(Cc2ccccc2)C(=O)NC2CCCC2)c2cc(C)cc(C)c2)cc1. The van der Waals surface area contributed by atoms with Crippen molar-refractivity contribution >= 4 is 43.5 Å². The van der Waals surface area contributed by atoms with Crippen LogP contribution in [-0.4, -0.2) is 43.8 Å². The summed E-state index contributed by atoms with van der Waals surface area (Å²) in [5.74, 6) is -0.703. The van der Waals surface area contributed by atoms with Gasteiger partial charge in [-0.15, -0.1) is 0 Å². The Bertz CT molecular complexity index is 1790. The third-order valence-corrected chi connectivity index (χ3v) is 10.9. The summed E-state index contributed by atoms with van der Waals surface area (Å²) >= 11 is 3.54. The lowest BCUT2D eigenvalue weighted by Gasteiger charge is -2.34. The van der Waals surface area contributed by atoms with E-state index in [2.05, 4.69) is 21.2 Å². The molecule has 0 radical (unpaired) electrons. The third kappa shape index (κ3) is 8.90. The van der Waals surface area contributed by atoms with Crippen LogP contribution in [0.1, 0.15) is 53.5 Å². The number of carbonyl (C=O) groups excluding carboxylic acids is 2. The van der Waals surface area contributed by atoms with Crippen LogP contribution in [0.15, 0.2) is 106 Å². The first-order valence-electron chi connectivity index (χ1n) is 16.1. The first kappa shape index (κ1) is 34.4. The van der Waals surface area contributed by atoms with Crippen molar-refractivity contribution in [3.8, 4) is 0 Å². The maximum atomic E-state index is 14.7. The summed E-state index contributed by atoms with van der Waals surface area (Å²) in [7, 11) is -4.16. The van der Waals surface area contributed by atoms with E-state index in [1.165, 1.54) is 4.31 Å². The highest BCUT2D eigenvalue weighted by Crippen LogP contribution is 2.28. The molecule has 0 aromatic heterocycles. The zero-order chi connectivity index (χ0) is 33.6. The summed E-state index contributed by atoms with van der Waals surface area (Å²) in [6.45, 7) is 5.34. The van der Waals surface area contributed by atoms with Gasteiger partial charge in [-0.25, -0.2) is 8.42 Å². The molecule has 1 atom stereocenters. The van der Waals surface area contributed by atoms with E-state index in [0.717, 1.165) is 58.0 Å². The summed E-state index contributed by atoms with van der Waals surface area (Å²) in [4.78, 5) is 30.5. The third-order valence-electron chi connectivity index (χ3n) is 8.60. The number of sulfonamides is 1. The van der Waals surface area contributed by atoms with Crippen molar-refractivity contribution in [3.05, 3.63) is 129 Å². The highest BCUT2D eigenvalue weighted by molar-refractivity contribution is 9.10. The van der Waals surface area contributed by atoms with Crippen molar-refractivity contribution in [2.24, 2.45) is 0 Å². The van der Waals surface area contributed by atoms with E-state index in [1.54, 1.807) is 41.3 Å². The molecule has 246 valence electrons. The predicted octanol–water partition coefficient (Wildman–Crippen LogP) is 7.27. The number of amides is 2. The van der Waals surface area contributed by atoms with Gasteiger partial charge in [0.2, 0.25) is 11.8 Å². The molecule has 0 bridgehead atoms. The van der Waals surface area contributed by atoms with Crippen LogP contribution in [0.25, 0.3) is 0 Å². The minimum absolute atomic E-state index is 0.0530. The molecule has 47 heavy (non-hydrogen) atoms. The lowest BCUT2D eigenvalue weighted by atomic mass is 10.0. The van der Waals surface area contributed by atoms with Gasteiger partial charge in [-0.05, 0) is 92.3 Å². The first-order valence-corrected chi connectivity index (χ1v) is 18.3. The number of nitrogens with one attached hydrogen (secondary N) is 1. The van der Waals surface area contributed by atoms with Crippen LogP contribution in [0.4, 0.5) is 5.69 Å². The van der Waals surface area contributed by atoms with E-state index in [9.17, 15) is 18.0 Å². The molecule has 1 aliphatic rings. The van der Waals surface area contributed by atoms with E-state index >= 15 is 0 Å². The average Bonchev–Trinajstić information content (AvgIpc) is 3.54. The normalized spacial score (nSPS) is 14.0. The molecule has 0 spiro atoms. The highest BCUT2D eigenvalue weighted by Gasteiger charge is 2.35. The standard InChI is InChI=1S/C38H42BrN3O4S/c1-27-16-18-35(19-17-27)47(45,46)42(34-21-28(2)20-29(3)22-34)26-37(43)41(25-31-12-9-13-32(39)23-31)36(24-30-10-5-4-6-11-30)38(44)40-33-14-7-8-15-33/h4-6,9-13,16-23,33,36H,7-8,14-15,24-26H2,1-3H3,(H,40,44). The number of halogens is 1. The summed E-state index contributed by atoms with van der Waals surface area (Å²) in [6, 6.07) is 28.6. The second-order valence-corrected chi connectivity index (χ2v) is 15.3. The van der Waals surface area contributed by atoms with Gasteiger partial charge in [-0.2, -0.15) is 0 Å². The molecule has 1 saturated carbocycles. The Morgan fingerprint density at radius 3 is 2.09 bits per heavy atom. The van der Waals surface area contributed by atoms with Gasteiger partial charge in [0.1, 0.15) is 12.6 Å². The summed E-state index contributed by atoms with van der Waals surface area (Å²) < 4.78 is 30.7. The molecule has 0 saturated heterocycles. The van der Waals surface area contributed by atoms with E-state index in [4.69, 9.17) is 0 Å². The number of hydrogen-bond donors (Lipinski definition) is 1. The number of benzene rings is 4. The molecule has 4 aromatic rings. The number of anilines is 1. The zero-order valence-corrected chi connectivity index (χ0v) is 29.6. The Hall–Kier alpha value is -3.95. The molecule has 7 nitrogen and oxygen atoms in total. The Balaban J connectivity index is 1.58. The number of hydrogen-bond acceptors (Lipinski definition) is 4. The fourth-order valence-corrected chi connectivity index (χ4v) is 8.06. The quantitative estimate of drug-likeness (QED) is 0.167. The summed E-state index contributed by atoms with van der Waals surface area (Å²) in [6.07, 6.45) is 4.19. The Morgan fingerprint density at radius 2 is 1.45 bits per heavy atom. The molecule has 1 aliphatic carbocycles. The lowest BCUT2D eigenvalue weighted by Crippen LogP contribution is -2.54. The smallest absolute Gasteiger partial charge is 0.264 e. The molecule has 2 amide bonds. The van der Waals surface area contributed by atoms with Gasteiger partial charge in [0, 0.05) is 23.5 Å². The van der Waals surface area contributed by atoms with E-state index < -0.39 is 28.5 Å². The molecule has 0 heterocycles. The first-order chi connectivity index (χ1) is 22.5. The maximum absolute atomic E-state index is 14.7. The van der Waals surface area contributed by atoms with Crippen molar-refractivity contribution in [2.75, 3.05) is 10.8 Å². The molecule has 9 heteroatoms. The Morgan fingerprint density at radius 1 is 0.809 bits per heavy atom. The molecule has 0 aliphatic heterocycles. The van der Waals surface area contributed by atoms with Gasteiger partial charge in [-0.3, -0.25) is 13.9 Å². The van der Waals surface area contributed by atoms with Crippen molar-refractivity contribution < 1.29 is 18.0 Å². The molecule has 5 rings (SSSR count).